The maximum atomic E-state index is 4.60. The van der Waals surface area contributed by atoms with Gasteiger partial charge < -0.3 is 0 Å². The van der Waals surface area contributed by atoms with Gasteiger partial charge in [-0.1, -0.05) is 36.8 Å². The van der Waals surface area contributed by atoms with Crippen LogP contribution in [0.25, 0.3) is 10.2 Å². The molecule has 4 heteroatoms. The van der Waals surface area contributed by atoms with E-state index in [-0.39, 0.29) is 0 Å². The molecular formula is C19H20N2S2. The maximum absolute atomic E-state index is 4.60. The van der Waals surface area contributed by atoms with Crippen LogP contribution in [-0.2, 0) is 18.6 Å². The third kappa shape index (κ3) is 3.02. The van der Waals surface area contributed by atoms with Gasteiger partial charge in [-0.2, -0.15) is 0 Å². The van der Waals surface area contributed by atoms with Crippen LogP contribution in [-0.4, -0.2) is 9.97 Å². The lowest BCUT2D eigenvalue weighted by molar-refractivity contribution is 0.509. The summed E-state index contributed by atoms with van der Waals surface area (Å²) < 4.78 is 0. The highest BCUT2D eigenvalue weighted by atomic mass is 32.2. The van der Waals surface area contributed by atoms with Gasteiger partial charge in [-0.15, -0.1) is 23.1 Å². The Hall–Kier alpha value is -1.39. The van der Waals surface area contributed by atoms with Crippen molar-refractivity contribution in [1.82, 2.24) is 9.97 Å². The summed E-state index contributed by atoms with van der Waals surface area (Å²) in [6.07, 6.45) is 5.40. The molecule has 3 aromatic rings. The second kappa shape index (κ2) is 6.25. The molecule has 23 heavy (non-hydrogen) atoms. The van der Waals surface area contributed by atoms with Crippen molar-refractivity contribution in [3.63, 3.8) is 0 Å². The molecule has 0 fully saturated rings. The molecule has 1 aliphatic carbocycles. The van der Waals surface area contributed by atoms with Crippen LogP contribution in [0.15, 0.2) is 35.6 Å². The molecule has 0 N–H and O–H groups in total. The monoisotopic (exact) mass is 340 g/mol. The second-order valence-electron chi connectivity index (χ2n) is 6.49. The van der Waals surface area contributed by atoms with Gasteiger partial charge >= 0.3 is 0 Å². The molecule has 1 aliphatic rings. The van der Waals surface area contributed by atoms with Gasteiger partial charge in [-0.05, 0) is 43.2 Å². The van der Waals surface area contributed by atoms with Gasteiger partial charge in [0.05, 0.1) is 0 Å². The van der Waals surface area contributed by atoms with Gasteiger partial charge in [-0.25, -0.2) is 9.97 Å². The van der Waals surface area contributed by atoms with Crippen LogP contribution in [0.3, 0.4) is 0 Å². The normalized spacial score (nSPS) is 17.4. The predicted molar refractivity (Wildman–Crippen MR) is 99.3 cm³/mol. The number of hydrogen-bond donors (Lipinski definition) is 0. The second-order valence-corrected chi connectivity index (χ2v) is 8.54. The molecular weight excluding hydrogens is 320 g/mol. The van der Waals surface area contributed by atoms with Crippen LogP contribution in [0, 0.1) is 12.8 Å². The maximum Gasteiger partial charge on any atom is 0.128 e. The van der Waals surface area contributed by atoms with Crippen LogP contribution in [0.4, 0.5) is 0 Å². The largest absolute Gasteiger partial charge is 0.229 e. The zero-order valence-corrected chi connectivity index (χ0v) is 15.1. The molecule has 2 aromatic heterocycles. The molecule has 4 rings (SSSR count). The van der Waals surface area contributed by atoms with E-state index in [0.717, 1.165) is 16.7 Å². The number of aryl methyl sites for hydroxylation is 2. The van der Waals surface area contributed by atoms with Crippen LogP contribution in [0.5, 0.6) is 0 Å². The summed E-state index contributed by atoms with van der Waals surface area (Å²) in [4.78, 5) is 11.8. The summed E-state index contributed by atoms with van der Waals surface area (Å²) in [5.74, 6) is 1.77. The minimum Gasteiger partial charge on any atom is -0.229 e. The zero-order chi connectivity index (χ0) is 15.8. The average molecular weight is 341 g/mol. The van der Waals surface area contributed by atoms with Crippen molar-refractivity contribution < 1.29 is 0 Å². The Bertz CT molecular complexity index is 854. The Morgan fingerprint density at radius 2 is 2.22 bits per heavy atom. The summed E-state index contributed by atoms with van der Waals surface area (Å²) in [5, 5.41) is 2.49. The first-order valence-electron chi connectivity index (χ1n) is 8.14. The predicted octanol–water partition coefficient (Wildman–Crippen LogP) is 5.42. The van der Waals surface area contributed by atoms with Crippen molar-refractivity contribution in [3.05, 3.63) is 52.2 Å². The van der Waals surface area contributed by atoms with Crippen molar-refractivity contribution in [2.24, 2.45) is 5.92 Å². The third-order valence-electron chi connectivity index (χ3n) is 4.51. The number of aromatic nitrogens is 2. The summed E-state index contributed by atoms with van der Waals surface area (Å²) in [6, 6.07) is 8.74. The zero-order valence-electron chi connectivity index (χ0n) is 13.5. The van der Waals surface area contributed by atoms with Crippen molar-refractivity contribution in [2.75, 3.05) is 0 Å². The molecule has 0 bridgehead atoms. The molecule has 0 spiro atoms. The van der Waals surface area contributed by atoms with Gasteiger partial charge in [0.25, 0.3) is 0 Å². The Morgan fingerprint density at radius 3 is 3.09 bits per heavy atom. The Kier molecular flexibility index (Phi) is 4.12. The Labute approximate surface area is 145 Å². The van der Waals surface area contributed by atoms with Gasteiger partial charge in [-0.3, -0.25) is 0 Å². The van der Waals surface area contributed by atoms with Crippen molar-refractivity contribution in [2.45, 2.75) is 43.9 Å². The molecule has 0 amide bonds. The molecule has 0 radical (unpaired) electrons. The summed E-state index contributed by atoms with van der Waals surface area (Å²) in [6.45, 7) is 4.50. The smallest absolute Gasteiger partial charge is 0.128 e. The van der Waals surface area contributed by atoms with E-state index in [1.165, 1.54) is 51.0 Å². The fourth-order valence-electron chi connectivity index (χ4n) is 3.31. The summed E-state index contributed by atoms with van der Waals surface area (Å²) >= 11 is 3.72. The number of thiophene rings is 1. The Morgan fingerprint density at radius 1 is 1.30 bits per heavy atom. The molecule has 0 saturated carbocycles. The van der Waals surface area contributed by atoms with Crippen LogP contribution < -0.4 is 0 Å². The average Bonchev–Trinajstić information content (AvgIpc) is 2.91. The van der Waals surface area contributed by atoms with E-state index >= 15 is 0 Å². The number of thioether (sulfide) groups is 1. The number of benzene rings is 1. The first-order valence-corrected chi connectivity index (χ1v) is 9.94. The third-order valence-corrected chi connectivity index (χ3v) is 6.74. The van der Waals surface area contributed by atoms with Crippen LogP contribution in [0.2, 0.25) is 0 Å². The first-order chi connectivity index (χ1) is 11.2. The van der Waals surface area contributed by atoms with Crippen LogP contribution >= 0.6 is 23.1 Å². The number of rotatable bonds is 3. The molecule has 0 unspecified atom stereocenters. The number of hydrogen-bond acceptors (Lipinski definition) is 4. The van der Waals surface area contributed by atoms with E-state index in [2.05, 4.69) is 48.1 Å². The van der Waals surface area contributed by atoms with Gasteiger partial charge in [0.2, 0.25) is 0 Å². The molecule has 2 nitrogen and oxygen atoms in total. The van der Waals surface area contributed by atoms with Crippen molar-refractivity contribution in [3.8, 4) is 0 Å². The highest BCUT2D eigenvalue weighted by molar-refractivity contribution is 7.98. The topological polar surface area (TPSA) is 25.8 Å². The van der Waals surface area contributed by atoms with Crippen LogP contribution in [0.1, 0.15) is 34.9 Å². The molecule has 1 atom stereocenters. The van der Waals surface area contributed by atoms with E-state index in [9.17, 15) is 0 Å². The van der Waals surface area contributed by atoms with E-state index < -0.39 is 0 Å². The molecule has 0 saturated heterocycles. The lowest BCUT2D eigenvalue weighted by Gasteiger charge is -2.18. The molecule has 1 aromatic carbocycles. The van der Waals surface area contributed by atoms with E-state index in [1.54, 1.807) is 6.33 Å². The summed E-state index contributed by atoms with van der Waals surface area (Å²) in [5.41, 5.74) is 4.20. The minimum atomic E-state index is 0.798. The van der Waals surface area contributed by atoms with Crippen molar-refractivity contribution >= 4 is 33.3 Å². The quantitative estimate of drug-likeness (QED) is 0.470. The molecule has 0 aliphatic heterocycles. The minimum absolute atomic E-state index is 0.798. The summed E-state index contributed by atoms with van der Waals surface area (Å²) in [7, 11) is 0. The fourth-order valence-corrected chi connectivity index (χ4v) is 5.69. The highest BCUT2D eigenvalue weighted by Crippen LogP contribution is 2.41. The van der Waals surface area contributed by atoms with E-state index in [4.69, 9.17) is 0 Å². The molecule has 2 heterocycles. The number of fused-ring (bicyclic) bond motifs is 3. The Balaban J connectivity index is 1.67. The van der Waals surface area contributed by atoms with Gasteiger partial charge in [0, 0.05) is 16.0 Å². The highest BCUT2D eigenvalue weighted by Gasteiger charge is 2.23. The first kappa shape index (κ1) is 15.2. The fraction of sp³-hybridized carbons (Fsp3) is 0.368. The van der Waals surface area contributed by atoms with Crippen molar-refractivity contribution in [1.29, 1.82) is 0 Å². The lowest BCUT2D eigenvalue weighted by atomic mass is 9.89. The SMILES string of the molecule is Cc1cccc(CSc2ncnc3sc4c(c23)CC[C@H](C)C4)c1. The molecule has 118 valence electrons. The number of nitrogens with zero attached hydrogens (tertiary/aromatic N) is 2. The lowest BCUT2D eigenvalue weighted by Crippen LogP contribution is -2.08. The van der Waals surface area contributed by atoms with E-state index in [0.29, 0.717) is 0 Å². The van der Waals surface area contributed by atoms with Gasteiger partial charge in [0.15, 0.2) is 0 Å². The van der Waals surface area contributed by atoms with Gasteiger partial charge in [0.1, 0.15) is 16.2 Å². The van der Waals surface area contributed by atoms with E-state index in [1.807, 2.05) is 23.1 Å². The standard InChI is InChI=1S/C19H20N2S2/c1-12-4-3-5-14(8-12)10-22-18-17-15-7-6-13(2)9-16(15)23-19(17)21-11-20-18/h3-5,8,11,13H,6-7,9-10H2,1-2H3/t13-/m0/s1.